The fraction of sp³-hybridized carbons (Fsp3) is 0.222. The molecule has 86 valence electrons. The van der Waals surface area contributed by atoms with Gasteiger partial charge in [0.2, 0.25) is 0 Å². The van der Waals surface area contributed by atoms with Crippen molar-refractivity contribution in [2.75, 3.05) is 0 Å². The van der Waals surface area contributed by atoms with Gasteiger partial charge in [0.05, 0.1) is 11.3 Å². The molecule has 0 aliphatic heterocycles. The molecule has 0 spiro atoms. The molecule has 2 heterocycles. The minimum absolute atomic E-state index is 0.0810. The Morgan fingerprint density at radius 1 is 1.38 bits per heavy atom. The number of hydrogen-bond donors (Lipinski definition) is 1. The van der Waals surface area contributed by atoms with Crippen molar-refractivity contribution in [2.24, 2.45) is 0 Å². The first-order valence-corrected chi connectivity index (χ1v) is 6.66. The highest BCUT2D eigenvalue weighted by atomic mass is 32.3. The number of aryl methyl sites for hydroxylation is 2. The summed E-state index contributed by atoms with van der Waals surface area (Å²) in [5, 5.41) is 3.78. The molecule has 2 aromatic heterocycles. The minimum atomic E-state index is -4.13. The second-order valence-electron chi connectivity index (χ2n) is 3.29. The van der Waals surface area contributed by atoms with Crippen molar-refractivity contribution in [1.29, 1.82) is 0 Å². The fourth-order valence-corrected chi connectivity index (χ4v) is 3.24. The number of thiophene rings is 1. The first-order chi connectivity index (χ1) is 7.39. The summed E-state index contributed by atoms with van der Waals surface area (Å²) in [5.74, 6) is 0.626. The number of hydrogen-bond acceptors (Lipinski definition) is 5. The van der Waals surface area contributed by atoms with Crippen molar-refractivity contribution >= 4 is 21.5 Å². The van der Waals surface area contributed by atoms with Gasteiger partial charge in [0.15, 0.2) is 0 Å². The summed E-state index contributed by atoms with van der Waals surface area (Å²) in [5.41, 5.74) is 1.47. The molecule has 2 aromatic rings. The predicted molar refractivity (Wildman–Crippen MR) is 59.1 cm³/mol. The van der Waals surface area contributed by atoms with Gasteiger partial charge in [-0.1, -0.05) is 5.16 Å². The average molecular weight is 259 g/mol. The van der Waals surface area contributed by atoms with Crippen molar-refractivity contribution < 1.29 is 17.5 Å². The van der Waals surface area contributed by atoms with Crippen LogP contribution in [0.3, 0.4) is 0 Å². The van der Waals surface area contributed by atoms with Gasteiger partial charge in [0, 0.05) is 4.88 Å². The summed E-state index contributed by atoms with van der Waals surface area (Å²) in [6.45, 7) is 3.53. The second kappa shape index (κ2) is 3.69. The van der Waals surface area contributed by atoms with Gasteiger partial charge in [0.1, 0.15) is 9.97 Å². The number of nitrogens with zero attached hydrogens (tertiary/aromatic N) is 1. The van der Waals surface area contributed by atoms with Crippen molar-refractivity contribution in [1.82, 2.24) is 5.16 Å². The van der Waals surface area contributed by atoms with Crippen molar-refractivity contribution in [2.45, 2.75) is 18.1 Å². The SMILES string of the molecule is Cc1noc(C)c1-c1ccc(S(=O)(=O)O)s1. The quantitative estimate of drug-likeness (QED) is 0.837. The lowest BCUT2D eigenvalue weighted by molar-refractivity contribution is 0.393. The number of aromatic nitrogens is 1. The molecule has 1 N–H and O–H groups in total. The van der Waals surface area contributed by atoms with E-state index >= 15 is 0 Å². The van der Waals surface area contributed by atoms with Gasteiger partial charge in [-0.25, -0.2) is 0 Å². The Labute approximate surface area is 96.5 Å². The van der Waals surface area contributed by atoms with Gasteiger partial charge < -0.3 is 4.52 Å². The van der Waals surface area contributed by atoms with Crippen LogP contribution in [0.15, 0.2) is 20.9 Å². The Bertz CT molecular complexity index is 604. The lowest BCUT2D eigenvalue weighted by atomic mass is 10.2. The molecule has 0 atom stereocenters. The summed E-state index contributed by atoms with van der Waals surface area (Å²) in [6.07, 6.45) is 0. The maximum Gasteiger partial charge on any atom is 0.304 e. The van der Waals surface area contributed by atoms with E-state index in [1.165, 1.54) is 6.07 Å². The van der Waals surface area contributed by atoms with Crippen LogP contribution in [0.25, 0.3) is 10.4 Å². The molecule has 0 unspecified atom stereocenters. The standard InChI is InChI=1S/C9H9NO4S2/c1-5-9(6(2)14-10-5)7-3-4-8(15-7)16(11,12)13/h3-4H,1-2H3,(H,11,12,13). The van der Waals surface area contributed by atoms with Crippen molar-refractivity contribution in [3.05, 3.63) is 23.6 Å². The molecule has 0 saturated carbocycles. The molecule has 0 bridgehead atoms. The predicted octanol–water partition coefficient (Wildman–Crippen LogP) is 2.27. The average Bonchev–Trinajstić information content (AvgIpc) is 2.72. The molecular formula is C9H9NO4S2. The summed E-state index contributed by atoms with van der Waals surface area (Å²) < 4.78 is 35.6. The maximum absolute atomic E-state index is 10.9. The van der Waals surface area contributed by atoms with Crippen molar-refractivity contribution in [3.63, 3.8) is 0 Å². The fourth-order valence-electron chi connectivity index (χ4n) is 1.43. The molecule has 5 nitrogen and oxygen atoms in total. The van der Waals surface area contributed by atoms with Gasteiger partial charge in [-0.15, -0.1) is 11.3 Å². The smallest absolute Gasteiger partial charge is 0.304 e. The summed E-state index contributed by atoms with van der Waals surface area (Å²) in [4.78, 5) is 0.712. The van der Waals surface area contributed by atoms with Crippen LogP contribution in [0.4, 0.5) is 0 Å². The zero-order chi connectivity index (χ0) is 11.9. The molecule has 0 aliphatic carbocycles. The van der Waals surface area contributed by atoms with E-state index in [1.807, 2.05) is 0 Å². The van der Waals surface area contributed by atoms with Crippen molar-refractivity contribution in [3.8, 4) is 10.4 Å². The molecule has 0 saturated heterocycles. The Kier molecular flexibility index (Phi) is 2.61. The van der Waals surface area contributed by atoms with Crippen LogP contribution in [0, 0.1) is 13.8 Å². The third kappa shape index (κ3) is 1.89. The van der Waals surface area contributed by atoms with E-state index in [-0.39, 0.29) is 4.21 Å². The summed E-state index contributed by atoms with van der Waals surface area (Å²) in [6, 6.07) is 2.99. The highest BCUT2D eigenvalue weighted by molar-refractivity contribution is 7.88. The molecule has 0 fully saturated rings. The van der Waals surface area contributed by atoms with Crippen LogP contribution in [-0.2, 0) is 10.1 Å². The lowest BCUT2D eigenvalue weighted by Crippen LogP contribution is -1.93. The molecular weight excluding hydrogens is 250 g/mol. The van der Waals surface area contributed by atoms with Crippen LogP contribution < -0.4 is 0 Å². The molecule has 0 radical (unpaired) electrons. The highest BCUT2D eigenvalue weighted by Crippen LogP contribution is 2.34. The third-order valence-electron chi connectivity index (χ3n) is 2.12. The van der Waals surface area contributed by atoms with E-state index < -0.39 is 10.1 Å². The molecule has 16 heavy (non-hydrogen) atoms. The van der Waals surface area contributed by atoms with E-state index in [1.54, 1.807) is 19.9 Å². The topological polar surface area (TPSA) is 80.4 Å². The Balaban J connectivity index is 2.55. The number of rotatable bonds is 2. The largest absolute Gasteiger partial charge is 0.361 e. The van der Waals surface area contributed by atoms with E-state index in [9.17, 15) is 8.42 Å². The van der Waals surface area contributed by atoms with E-state index in [0.29, 0.717) is 16.3 Å². The Hall–Kier alpha value is -1.18. The molecule has 0 amide bonds. The second-order valence-corrected chi connectivity index (χ2v) is 6.03. The molecule has 7 heteroatoms. The lowest BCUT2D eigenvalue weighted by Gasteiger charge is -1.93. The van der Waals surface area contributed by atoms with Gasteiger partial charge >= 0.3 is 10.1 Å². The van der Waals surface area contributed by atoms with E-state index in [2.05, 4.69) is 5.16 Å². The first-order valence-electron chi connectivity index (χ1n) is 4.40. The minimum Gasteiger partial charge on any atom is -0.361 e. The zero-order valence-electron chi connectivity index (χ0n) is 8.59. The normalized spacial score (nSPS) is 11.9. The van der Waals surface area contributed by atoms with Gasteiger partial charge in [0.25, 0.3) is 0 Å². The van der Waals surface area contributed by atoms with E-state index in [4.69, 9.17) is 9.08 Å². The monoisotopic (exact) mass is 259 g/mol. The highest BCUT2D eigenvalue weighted by Gasteiger charge is 2.18. The molecule has 2 rings (SSSR count). The third-order valence-corrected chi connectivity index (χ3v) is 4.54. The van der Waals surface area contributed by atoms with Crippen LogP contribution in [0.1, 0.15) is 11.5 Å². The molecule has 0 aromatic carbocycles. The summed E-state index contributed by atoms with van der Waals surface area (Å²) >= 11 is 0.988. The van der Waals surface area contributed by atoms with Gasteiger partial charge in [-0.05, 0) is 26.0 Å². The van der Waals surface area contributed by atoms with Gasteiger partial charge in [-0.2, -0.15) is 8.42 Å². The first kappa shape index (κ1) is 11.3. The Morgan fingerprint density at radius 2 is 2.06 bits per heavy atom. The van der Waals surface area contributed by atoms with Gasteiger partial charge in [-0.3, -0.25) is 4.55 Å². The van der Waals surface area contributed by atoms with E-state index in [0.717, 1.165) is 16.9 Å². The van der Waals surface area contributed by atoms with Crippen LogP contribution in [0.2, 0.25) is 0 Å². The Morgan fingerprint density at radius 3 is 2.50 bits per heavy atom. The zero-order valence-corrected chi connectivity index (χ0v) is 10.2. The van der Waals surface area contributed by atoms with Crippen LogP contribution >= 0.6 is 11.3 Å². The molecule has 0 aliphatic rings. The maximum atomic E-state index is 10.9. The van der Waals surface area contributed by atoms with Crippen LogP contribution in [0.5, 0.6) is 0 Å². The summed E-state index contributed by atoms with van der Waals surface area (Å²) in [7, 11) is -4.13. The van der Waals surface area contributed by atoms with Crippen LogP contribution in [-0.4, -0.2) is 18.1 Å².